The van der Waals surface area contributed by atoms with Crippen molar-refractivity contribution < 1.29 is 0 Å². The highest BCUT2D eigenvalue weighted by molar-refractivity contribution is 9.10. The minimum absolute atomic E-state index is 0.255. The van der Waals surface area contributed by atoms with Crippen LogP contribution < -0.4 is 5.32 Å². The number of nitrogens with one attached hydrogen (secondary N) is 1. The van der Waals surface area contributed by atoms with E-state index in [1.165, 1.54) is 22.3 Å². The Morgan fingerprint density at radius 1 is 1.10 bits per heavy atom. The largest absolute Gasteiger partial charge is 0.310 e. The molecule has 0 aliphatic heterocycles. The zero-order chi connectivity index (χ0) is 15.4. The Bertz CT molecular complexity index is 625. The molecule has 1 unspecified atom stereocenters. The molecule has 0 heterocycles. The molecule has 0 aromatic heterocycles. The van der Waals surface area contributed by atoms with Crippen molar-refractivity contribution in [2.45, 2.75) is 33.2 Å². The maximum Gasteiger partial charge on any atom is 0.0410 e. The highest BCUT2D eigenvalue weighted by atomic mass is 79.9. The summed E-state index contributed by atoms with van der Waals surface area (Å²) in [5, 5.41) is 4.34. The van der Waals surface area contributed by atoms with Gasteiger partial charge in [-0.25, -0.2) is 0 Å². The van der Waals surface area contributed by atoms with E-state index in [4.69, 9.17) is 11.6 Å². The van der Waals surface area contributed by atoms with Crippen molar-refractivity contribution >= 4 is 27.5 Å². The molecule has 2 aromatic rings. The number of likely N-dealkylation sites (N-methyl/N-ethyl adjacent to an activating group) is 1. The molecule has 0 amide bonds. The zero-order valence-corrected chi connectivity index (χ0v) is 15.1. The number of benzene rings is 2. The number of aryl methyl sites for hydroxylation is 2. The highest BCUT2D eigenvalue weighted by Crippen LogP contribution is 2.29. The molecular formula is C18H21BrClN. The maximum atomic E-state index is 6.16. The smallest absolute Gasteiger partial charge is 0.0410 e. The third-order valence-electron chi connectivity index (χ3n) is 3.80. The Hall–Kier alpha value is -0.830. The molecule has 0 aliphatic carbocycles. The van der Waals surface area contributed by atoms with Gasteiger partial charge in [-0.2, -0.15) is 0 Å². The predicted octanol–water partition coefficient (Wildman–Crippen LogP) is 5.61. The van der Waals surface area contributed by atoms with E-state index >= 15 is 0 Å². The highest BCUT2D eigenvalue weighted by Gasteiger charge is 2.15. The molecule has 21 heavy (non-hydrogen) atoms. The molecule has 1 nitrogen and oxygen atoms in total. The molecule has 1 N–H and O–H groups in total. The number of hydrogen-bond donors (Lipinski definition) is 1. The van der Waals surface area contributed by atoms with E-state index in [0.717, 1.165) is 22.5 Å². The molecule has 0 aliphatic rings. The number of hydrogen-bond acceptors (Lipinski definition) is 1. The van der Waals surface area contributed by atoms with Crippen LogP contribution in [0.5, 0.6) is 0 Å². The van der Waals surface area contributed by atoms with Crippen LogP contribution in [0.2, 0.25) is 5.02 Å². The molecule has 2 aromatic carbocycles. The van der Waals surface area contributed by atoms with Crippen LogP contribution in [0.1, 0.15) is 35.2 Å². The van der Waals surface area contributed by atoms with Crippen molar-refractivity contribution in [3.63, 3.8) is 0 Å². The van der Waals surface area contributed by atoms with E-state index in [9.17, 15) is 0 Å². The summed E-state index contributed by atoms with van der Waals surface area (Å²) >= 11 is 9.80. The van der Waals surface area contributed by atoms with Gasteiger partial charge in [-0.1, -0.05) is 52.7 Å². The van der Waals surface area contributed by atoms with Gasteiger partial charge < -0.3 is 5.32 Å². The van der Waals surface area contributed by atoms with Crippen LogP contribution in [0, 0.1) is 13.8 Å². The molecule has 0 spiro atoms. The second-order valence-electron chi connectivity index (χ2n) is 5.40. The second kappa shape index (κ2) is 7.44. The average Bonchev–Trinajstić information content (AvgIpc) is 2.45. The minimum atomic E-state index is 0.255. The summed E-state index contributed by atoms with van der Waals surface area (Å²) in [6.07, 6.45) is 0.952. The fraction of sp³-hybridized carbons (Fsp3) is 0.333. The van der Waals surface area contributed by atoms with E-state index < -0.39 is 0 Å². The summed E-state index contributed by atoms with van der Waals surface area (Å²) in [6.45, 7) is 7.37. The summed E-state index contributed by atoms with van der Waals surface area (Å²) in [4.78, 5) is 0. The van der Waals surface area contributed by atoms with Gasteiger partial charge in [0.25, 0.3) is 0 Å². The van der Waals surface area contributed by atoms with Crippen LogP contribution in [-0.4, -0.2) is 6.54 Å². The molecule has 0 radical (unpaired) electrons. The lowest BCUT2D eigenvalue weighted by Gasteiger charge is -2.20. The monoisotopic (exact) mass is 365 g/mol. The lowest BCUT2D eigenvalue weighted by molar-refractivity contribution is 0.548. The Morgan fingerprint density at radius 2 is 1.86 bits per heavy atom. The second-order valence-corrected chi connectivity index (χ2v) is 6.69. The molecule has 112 valence electrons. The summed E-state index contributed by atoms with van der Waals surface area (Å²) < 4.78 is 1.10. The van der Waals surface area contributed by atoms with Gasteiger partial charge in [0, 0.05) is 15.5 Å². The Kier molecular flexibility index (Phi) is 5.86. The molecule has 0 saturated carbocycles. The first-order valence-corrected chi connectivity index (χ1v) is 8.42. The molecule has 0 fully saturated rings. The third kappa shape index (κ3) is 4.32. The van der Waals surface area contributed by atoms with E-state index in [0.29, 0.717) is 0 Å². The van der Waals surface area contributed by atoms with Gasteiger partial charge in [0.15, 0.2) is 0 Å². The molecule has 0 saturated heterocycles. The van der Waals surface area contributed by atoms with Crippen molar-refractivity contribution in [3.8, 4) is 0 Å². The maximum absolute atomic E-state index is 6.16. The molecular weight excluding hydrogens is 346 g/mol. The van der Waals surface area contributed by atoms with Crippen molar-refractivity contribution in [2.75, 3.05) is 6.54 Å². The standard InChI is InChI=1S/C18H21BrClN/c1-4-21-18(16-11-15(20)7-8-17(16)19)10-14-6-5-12(2)13(3)9-14/h5-9,11,18,21H,4,10H2,1-3H3. The van der Waals surface area contributed by atoms with Gasteiger partial charge in [-0.05, 0) is 67.3 Å². The normalized spacial score (nSPS) is 12.4. The van der Waals surface area contributed by atoms with E-state index in [1.807, 2.05) is 18.2 Å². The summed E-state index contributed by atoms with van der Waals surface area (Å²) in [6, 6.07) is 12.9. The van der Waals surface area contributed by atoms with E-state index in [2.05, 4.69) is 60.2 Å². The average molecular weight is 367 g/mol. The fourth-order valence-electron chi connectivity index (χ4n) is 2.49. The summed E-state index contributed by atoms with van der Waals surface area (Å²) in [5.74, 6) is 0. The lowest BCUT2D eigenvalue weighted by Crippen LogP contribution is -2.23. The first kappa shape index (κ1) is 16.5. The number of rotatable bonds is 5. The van der Waals surface area contributed by atoms with Crippen molar-refractivity contribution in [1.82, 2.24) is 5.32 Å². The fourth-order valence-corrected chi connectivity index (χ4v) is 3.19. The first-order chi connectivity index (χ1) is 10.0. The minimum Gasteiger partial charge on any atom is -0.310 e. The number of halogens is 2. The van der Waals surface area contributed by atoms with Gasteiger partial charge in [0.1, 0.15) is 0 Å². The quantitative estimate of drug-likeness (QED) is 0.725. The first-order valence-electron chi connectivity index (χ1n) is 7.25. The third-order valence-corrected chi connectivity index (χ3v) is 4.75. The van der Waals surface area contributed by atoms with Gasteiger partial charge in [0.2, 0.25) is 0 Å². The topological polar surface area (TPSA) is 12.0 Å². The molecule has 1 atom stereocenters. The Balaban J connectivity index is 2.30. The van der Waals surface area contributed by atoms with Gasteiger partial charge in [0.05, 0.1) is 0 Å². The van der Waals surface area contributed by atoms with E-state index in [1.54, 1.807) is 0 Å². The molecule has 3 heteroatoms. The summed E-state index contributed by atoms with van der Waals surface area (Å²) in [5.41, 5.74) is 5.23. The Morgan fingerprint density at radius 3 is 2.52 bits per heavy atom. The van der Waals surface area contributed by atoms with Gasteiger partial charge >= 0.3 is 0 Å². The van der Waals surface area contributed by atoms with Crippen LogP contribution >= 0.6 is 27.5 Å². The van der Waals surface area contributed by atoms with Crippen molar-refractivity contribution in [1.29, 1.82) is 0 Å². The Labute approximate surface area is 140 Å². The van der Waals surface area contributed by atoms with Crippen LogP contribution in [0.4, 0.5) is 0 Å². The zero-order valence-electron chi connectivity index (χ0n) is 12.7. The molecule has 0 bridgehead atoms. The summed E-state index contributed by atoms with van der Waals surface area (Å²) in [7, 11) is 0. The lowest BCUT2D eigenvalue weighted by atomic mass is 9.96. The van der Waals surface area contributed by atoms with Crippen LogP contribution in [0.25, 0.3) is 0 Å². The van der Waals surface area contributed by atoms with E-state index in [-0.39, 0.29) is 6.04 Å². The van der Waals surface area contributed by atoms with Gasteiger partial charge in [-0.3, -0.25) is 0 Å². The van der Waals surface area contributed by atoms with Crippen molar-refractivity contribution in [3.05, 3.63) is 68.1 Å². The predicted molar refractivity (Wildman–Crippen MR) is 95.2 cm³/mol. The van der Waals surface area contributed by atoms with Crippen LogP contribution in [0.15, 0.2) is 40.9 Å². The van der Waals surface area contributed by atoms with Crippen LogP contribution in [-0.2, 0) is 6.42 Å². The van der Waals surface area contributed by atoms with Crippen LogP contribution in [0.3, 0.4) is 0 Å². The van der Waals surface area contributed by atoms with Gasteiger partial charge in [-0.15, -0.1) is 0 Å². The SMILES string of the molecule is CCNC(Cc1ccc(C)c(C)c1)c1cc(Cl)ccc1Br. The molecule has 2 rings (SSSR count). The van der Waals surface area contributed by atoms with Crippen molar-refractivity contribution in [2.24, 2.45) is 0 Å².